The smallest absolute Gasteiger partial charge is 0.416 e. The van der Waals surface area contributed by atoms with Crippen molar-refractivity contribution in [2.45, 2.75) is 31.3 Å². The number of hydrogen-bond donors (Lipinski definition) is 0. The molecule has 0 N–H and O–H groups in total. The minimum atomic E-state index is -4.41. The van der Waals surface area contributed by atoms with Crippen molar-refractivity contribution in [3.05, 3.63) is 29.3 Å². The molecule has 106 valence electrons. The highest BCUT2D eigenvalue weighted by atomic mass is 32.2. The van der Waals surface area contributed by atoms with Gasteiger partial charge < -0.3 is 4.74 Å². The molecule has 0 spiro atoms. The van der Waals surface area contributed by atoms with E-state index >= 15 is 0 Å². The predicted molar refractivity (Wildman–Crippen MR) is 68.4 cm³/mol. The fourth-order valence-corrected chi connectivity index (χ4v) is 2.35. The summed E-state index contributed by atoms with van der Waals surface area (Å²) in [6, 6.07) is 3.09. The molecule has 2 nitrogen and oxygen atoms in total. The van der Waals surface area contributed by atoms with E-state index in [4.69, 9.17) is 4.74 Å². The van der Waals surface area contributed by atoms with Gasteiger partial charge in [-0.05, 0) is 37.3 Å². The summed E-state index contributed by atoms with van der Waals surface area (Å²) in [5.74, 6) is 0.0584. The van der Waals surface area contributed by atoms with Crippen molar-refractivity contribution in [3.63, 3.8) is 0 Å². The molecule has 0 aliphatic rings. The number of hydrogen-bond acceptors (Lipinski definition) is 3. The standard InChI is InChI=1S/C13H15F3O2S/c1-3-7-19-11-8-9(13(14,15)16)5-6-10(11)12(17)18-4-2/h5-6,8H,3-4,7H2,1-2H3. The average molecular weight is 292 g/mol. The molecule has 19 heavy (non-hydrogen) atoms. The van der Waals surface area contributed by atoms with Gasteiger partial charge in [0.2, 0.25) is 0 Å². The number of alkyl halides is 3. The summed E-state index contributed by atoms with van der Waals surface area (Å²) in [5.41, 5.74) is -0.563. The van der Waals surface area contributed by atoms with Crippen LogP contribution in [0.15, 0.2) is 23.1 Å². The van der Waals surface area contributed by atoms with Gasteiger partial charge in [-0.2, -0.15) is 13.2 Å². The first kappa shape index (κ1) is 15.9. The van der Waals surface area contributed by atoms with Crippen LogP contribution in [0, 0.1) is 0 Å². The highest BCUT2D eigenvalue weighted by Crippen LogP contribution is 2.34. The van der Waals surface area contributed by atoms with E-state index < -0.39 is 17.7 Å². The molecule has 0 bridgehead atoms. The number of ether oxygens (including phenoxy) is 1. The zero-order chi connectivity index (χ0) is 14.5. The van der Waals surface area contributed by atoms with Gasteiger partial charge >= 0.3 is 12.1 Å². The summed E-state index contributed by atoms with van der Waals surface area (Å²) >= 11 is 1.23. The van der Waals surface area contributed by atoms with Crippen molar-refractivity contribution in [2.24, 2.45) is 0 Å². The molecule has 0 amide bonds. The van der Waals surface area contributed by atoms with Crippen LogP contribution in [0.2, 0.25) is 0 Å². The SMILES string of the molecule is CCCSc1cc(C(F)(F)F)ccc1C(=O)OCC. The zero-order valence-electron chi connectivity index (χ0n) is 10.7. The normalized spacial score (nSPS) is 11.4. The molecule has 1 rings (SSSR count). The van der Waals surface area contributed by atoms with Crippen molar-refractivity contribution in [1.82, 2.24) is 0 Å². The molecule has 6 heteroatoms. The van der Waals surface area contributed by atoms with E-state index in [-0.39, 0.29) is 12.2 Å². The van der Waals surface area contributed by atoms with Crippen LogP contribution in [0.4, 0.5) is 13.2 Å². The third-order valence-electron chi connectivity index (χ3n) is 2.27. The molecule has 0 radical (unpaired) electrons. The van der Waals surface area contributed by atoms with Crippen LogP contribution in [-0.4, -0.2) is 18.3 Å². The Balaban J connectivity index is 3.12. The van der Waals surface area contributed by atoms with Crippen molar-refractivity contribution < 1.29 is 22.7 Å². The molecular weight excluding hydrogens is 277 g/mol. The van der Waals surface area contributed by atoms with Gasteiger partial charge in [-0.15, -0.1) is 11.8 Å². The molecule has 0 aliphatic carbocycles. The first-order chi connectivity index (χ1) is 8.90. The number of carbonyl (C=O) groups is 1. The summed E-state index contributed by atoms with van der Waals surface area (Å²) in [6.07, 6.45) is -3.60. The van der Waals surface area contributed by atoms with E-state index in [1.807, 2.05) is 6.92 Å². The lowest BCUT2D eigenvalue weighted by molar-refractivity contribution is -0.137. The summed E-state index contributed by atoms with van der Waals surface area (Å²) < 4.78 is 42.8. The van der Waals surface area contributed by atoms with Gasteiger partial charge in [0.1, 0.15) is 0 Å². The van der Waals surface area contributed by atoms with Crippen LogP contribution >= 0.6 is 11.8 Å². The first-order valence-corrected chi connectivity index (χ1v) is 6.89. The Labute approximate surface area is 114 Å². The van der Waals surface area contributed by atoms with Gasteiger partial charge in [0.05, 0.1) is 17.7 Å². The number of rotatable bonds is 5. The van der Waals surface area contributed by atoms with E-state index in [0.29, 0.717) is 10.6 Å². The summed E-state index contributed by atoms with van der Waals surface area (Å²) in [6.45, 7) is 3.77. The molecule has 0 aliphatic heterocycles. The number of carbonyl (C=O) groups excluding carboxylic acids is 1. The predicted octanol–water partition coefficient (Wildman–Crippen LogP) is 4.38. The third-order valence-corrected chi connectivity index (χ3v) is 3.53. The maximum Gasteiger partial charge on any atom is 0.416 e. The molecule has 0 aromatic heterocycles. The summed E-state index contributed by atoms with van der Waals surface area (Å²) in [5, 5.41) is 0. The van der Waals surface area contributed by atoms with Crippen LogP contribution in [0.3, 0.4) is 0 Å². The third kappa shape index (κ3) is 4.45. The van der Waals surface area contributed by atoms with Crippen LogP contribution in [0.1, 0.15) is 36.2 Å². The minimum absolute atomic E-state index is 0.188. The van der Waals surface area contributed by atoms with Crippen molar-refractivity contribution >= 4 is 17.7 Å². The number of esters is 1. The van der Waals surface area contributed by atoms with Crippen LogP contribution < -0.4 is 0 Å². The Kier molecular flexibility index (Phi) is 5.72. The lowest BCUT2D eigenvalue weighted by atomic mass is 10.1. The van der Waals surface area contributed by atoms with Gasteiger partial charge in [-0.25, -0.2) is 4.79 Å². The van der Waals surface area contributed by atoms with Gasteiger partial charge in [-0.3, -0.25) is 0 Å². The van der Waals surface area contributed by atoms with Gasteiger partial charge in [0, 0.05) is 4.90 Å². The van der Waals surface area contributed by atoms with E-state index in [1.54, 1.807) is 6.92 Å². The topological polar surface area (TPSA) is 26.3 Å². The summed E-state index contributed by atoms with van der Waals surface area (Å²) in [7, 11) is 0. The maximum atomic E-state index is 12.6. The number of halogens is 3. The second-order valence-electron chi connectivity index (χ2n) is 3.78. The van der Waals surface area contributed by atoms with Crippen molar-refractivity contribution in [2.75, 3.05) is 12.4 Å². The van der Waals surface area contributed by atoms with E-state index in [0.717, 1.165) is 18.6 Å². The number of benzene rings is 1. The summed E-state index contributed by atoms with van der Waals surface area (Å²) in [4.78, 5) is 12.0. The second kappa shape index (κ2) is 6.84. The Morgan fingerprint density at radius 3 is 2.53 bits per heavy atom. The maximum absolute atomic E-state index is 12.6. The fourth-order valence-electron chi connectivity index (χ4n) is 1.41. The average Bonchev–Trinajstić information content (AvgIpc) is 2.35. The molecular formula is C13H15F3O2S. The van der Waals surface area contributed by atoms with E-state index in [1.165, 1.54) is 17.8 Å². The van der Waals surface area contributed by atoms with Crippen LogP contribution in [0.5, 0.6) is 0 Å². The van der Waals surface area contributed by atoms with Crippen molar-refractivity contribution in [1.29, 1.82) is 0 Å². The second-order valence-corrected chi connectivity index (χ2v) is 4.91. The van der Waals surface area contributed by atoms with Crippen LogP contribution in [0.25, 0.3) is 0 Å². The molecule has 0 saturated heterocycles. The Bertz CT molecular complexity index is 444. The van der Waals surface area contributed by atoms with Crippen LogP contribution in [-0.2, 0) is 10.9 Å². The fraction of sp³-hybridized carbons (Fsp3) is 0.462. The molecule has 0 heterocycles. The minimum Gasteiger partial charge on any atom is -0.462 e. The Hall–Kier alpha value is -1.17. The quantitative estimate of drug-likeness (QED) is 0.595. The zero-order valence-corrected chi connectivity index (χ0v) is 11.5. The first-order valence-electron chi connectivity index (χ1n) is 5.91. The monoisotopic (exact) mass is 292 g/mol. The largest absolute Gasteiger partial charge is 0.462 e. The molecule has 1 aromatic rings. The van der Waals surface area contributed by atoms with Crippen molar-refractivity contribution in [3.8, 4) is 0 Å². The molecule has 0 fully saturated rings. The highest BCUT2D eigenvalue weighted by molar-refractivity contribution is 7.99. The lowest BCUT2D eigenvalue weighted by Crippen LogP contribution is -2.10. The molecule has 0 saturated carbocycles. The highest BCUT2D eigenvalue weighted by Gasteiger charge is 2.31. The molecule has 0 atom stereocenters. The van der Waals surface area contributed by atoms with Gasteiger partial charge in [0.25, 0.3) is 0 Å². The molecule has 1 aromatic carbocycles. The number of thioether (sulfide) groups is 1. The lowest BCUT2D eigenvalue weighted by Gasteiger charge is -2.12. The molecule has 0 unspecified atom stereocenters. The van der Waals surface area contributed by atoms with Gasteiger partial charge in [0.15, 0.2) is 0 Å². The van der Waals surface area contributed by atoms with Gasteiger partial charge in [-0.1, -0.05) is 6.92 Å². The Morgan fingerprint density at radius 2 is 2.00 bits per heavy atom. The van der Waals surface area contributed by atoms with E-state index in [9.17, 15) is 18.0 Å². The Morgan fingerprint density at radius 1 is 1.32 bits per heavy atom. The van der Waals surface area contributed by atoms with E-state index in [2.05, 4.69) is 0 Å².